The van der Waals surface area contributed by atoms with Crippen molar-refractivity contribution in [2.24, 2.45) is 5.92 Å². The van der Waals surface area contributed by atoms with Gasteiger partial charge in [-0.1, -0.05) is 0 Å². The highest BCUT2D eigenvalue weighted by Gasteiger charge is 2.28. The van der Waals surface area contributed by atoms with Crippen LogP contribution in [0.1, 0.15) is 19.8 Å². The maximum atomic E-state index is 12.0. The van der Waals surface area contributed by atoms with E-state index in [0.717, 1.165) is 32.5 Å². The van der Waals surface area contributed by atoms with Crippen molar-refractivity contribution in [2.45, 2.75) is 25.8 Å². The second-order valence-corrected chi connectivity index (χ2v) is 4.57. The maximum Gasteiger partial charge on any atom is 0.238 e. The number of nitrogens with one attached hydrogen (secondary N) is 2. The van der Waals surface area contributed by atoms with Gasteiger partial charge in [-0.25, -0.2) is 5.01 Å². The number of hydrazine groups is 1. The number of carbonyl (C=O) groups excluding carboxylic acids is 1. The number of hydrogen-bond acceptors (Lipinski definition) is 4. The smallest absolute Gasteiger partial charge is 0.238 e. The first kappa shape index (κ1) is 11.8. The zero-order valence-electron chi connectivity index (χ0n) is 9.87. The van der Waals surface area contributed by atoms with E-state index in [2.05, 4.69) is 17.7 Å². The number of rotatable bonds is 2. The summed E-state index contributed by atoms with van der Waals surface area (Å²) < 4.78 is 5.24. The molecule has 2 saturated heterocycles. The summed E-state index contributed by atoms with van der Waals surface area (Å²) in [7, 11) is 0. The van der Waals surface area contributed by atoms with Crippen LogP contribution in [-0.2, 0) is 9.53 Å². The fraction of sp³-hybridized carbons (Fsp3) is 0.909. The van der Waals surface area contributed by atoms with Crippen LogP contribution < -0.4 is 10.7 Å². The quantitative estimate of drug-likeness (QED) is 0.682. The summed E-state index contributed by atoms with van der Waals surface area (Å²) in [5.74, 6) is 0.262. The van der Waals surface area contributed by atoms with Crippen LogP contribution in [-0.4, -0.2) is 49.8 Å². The molecule has 0 aromatic heterocycles. The molecule has 2 fully saturated rings. The summed E-state index contributed by atoms with van der Waals surface area (Å²) in [5, 5.41) is 5.31. The molecule has 2 rings (SSSR count). The second kappa shape index (κ2) is 5.61. The molecular formula is C11H21N3O2. The molecular weight excluding hydrogens is 206 g/mol. The molecule has 0 aromatic carbocycles. The molecule has 2 N–H and O–H groups in total. The third-order valence-electron chi connectivity index (χ3n) is 3.38. The van der Waals surface area contributed by atoms with Gasteiger partial charge >= 0.3 is 0 Å². The molecule has 0 aliphatic carbocycles. The summed E-state index contributed by atoms with van der Waals surface area (Å²) in [6.45, 7) is 6.11. The van der Waals surface area contributed by atoms with E-state index < -0.39 is 0 Å². The molecule has 2 heterocycles. The van der Waals surface area contributed by atoms with Gasteiger partial charge in [-0.3, -0.25) is 10.2 Å². The lowest BCUT2D eigenvalue weighted by Crippen LogP contribution is -2.54. The van der Waals surface area contributed by atoms with Crippen LogP contribution in [0.4, 0.5) is 0 Å². The maximum absolute atomic E-state index is 12.0. The van der Waals surface area contributed by atoms with Crippen LogP contribution >= 0.6 is 0 Å². The van der Waals surface area contributed by atoms with Crippen LogP contribution in [0, 0.1) is 5.92 Å². The van der Waals surface area contributed by atoms with Gasteiger partial charge in [-0.2, -0.15) is 0 Å². The van der Waals surface area contributed by atoms with E-state index in [1.165, 1.54) is 0 Å². The Bertz CT molecular complexity index is 241. The number of amides is 1. The number of carbonyl (C=O) groups is 1. The molecule has 92 valence electrons. The Kier molecular flexibility index (Phi) is 4.15. The lowest BCUT2D eigenvalue weighted by atomic mass is 9.91. The van der Waals surface area contributed by atoms with Gasteiger partial charge in [0.25, 0.3) is 0 Å². The van der Waals surface area contributed by atoms with Crippen molar-refractivity contribution in [3.63, 3.8) is 0 Å². The number of ether oxygens (including phenoxy) is 1. The molecule has 0 saturated carbocycles. The molecule has 5 nitrogen and oxygen atoms in total. The van der Waals surface area contributed by atoms with Gasteiger partial charge in [0.15, 0.2) is 0 Å². The van der Waals surface area contributed by atoms with Crippen molar-refractivity contribution in [3.8, 4) is 0 Å². The minimum atomic E-state index is 0.108. The number of piperidine rings is 1. The summed E-state index contributed by atoms with van der Waals surface area (Å²) in [6.07, 6.45) is 2.08. The lowest BCUT2D eigenvalue weighted by Gasteiger charge is -2.33. The highest BCUT2D eigenvalue weighted by atomic mass is 16.5. The first-order valence-electron chi connectivity index (χ1n) is 6.14. The number of nitrogens with zero attached hydrogens (tertiary/aromatic N) is 1. The monoisotopic (exact) mass is 227 g/mol. The van der Waals surface area contributed by atoms with E-state index in [9.17, 15) is 4.79 Å². The third-order valence-corrected chi connectivity index (χ3v) is 3.38. The number of hydrogen-bond donors (Lipinski definition) is 2. The van der Waals surface area contributed by atoms with Crippen molar-refractivity contribution < 1.29 is 9.53 Å². The molecule has 0 aromatic rings. The minimum absolute atomic E-state index is 0.108. The topological polar surface area (TPSA) is 53.6 Å². The Balaban J connectivity index is 1.81. The zero-order valence-corrected chi connectivity index (χ0v) is 9.87. The van der Waals surface area contributed by atoms with E-state index >= 15 is 0 Å². The van der Waals surface area contributed by atoms with E-state index in [-0.39, 0.29) is 17.9 Å². The van der Waals surface area contributed by atoms with Crippen molar-refractivity contribution in [1.82, 2.24) is 15.8 Å². The molecule has 2 aliphatic rings. The molecule has 0 spiro atoms. The molecule has 5 heteroatoms. The van der Waals surface area contributed by atoms with E-state index in [4.69, 9.17) is 4.74 Å². The van der Waals surface area contributed by atoms with Crippen molar-refractivity contribution in [1.29, 1.82) is 0 Å². The Morgan fingerprint density at radius 3 is 2.88 bits per heavy atom. The van der Waals surface area contributed by atoms with Crippen LogP contribution in [0.25, 0.3) is 0 Å². The Morgan fingerprint density at radius 2 is 2.19 bits per heavy atom. The second-order valence-electron chi connectivity index (χ2n) is 4.57. The fourth-order valence-electron chi connectivity index (χ4n) is 2.32. The summed E-state index contributed by atoms with van der Waals surface area (Å²) in [6, 6.07) is 0.287. The van der Waals surface area contributed by atoms with Gasteiger partial charge in [0.2, 0.25) is 5.91 Å². The number of morpholine rings is 1. The van der Waals surface area contributed by atoms with Crippen LogP contribution in [0.2, 0.25) is 0 Å². The molecule has 16 heavy (non-hydrogen) atoms. The van der Waals surface area contributed by atoms with Gasteiger partial charge in [-0.05, 0) is 26.3 Å². The SMILES string of the molecule is CC1NCCCC1C(=O)NN1CCOCC1. The van der Waals surface area contributed by atoms with Crippen LogP contribution in [0.3, 0.4) is 0 Å². The Hall–Kier alpha value is -0.650. The van der Waals surface area contributed by atoms with Gasteiger partial charge in [-0.15, -0.1) is 0 Å². The normalized spacial score (nSPS) is 32.3. The van der Waals surface area contributed by atoms with E-state index in [1.54, 1.807) is 0 Å². The van der Waals surface area contributed by atoms with Crippen LogP contribution in [0.15, 0.2) is 0 Å². The first-order chi connectivity index (χ1) is 7.77. The predicted octanol–water partition coefficient (Wildman–Crippen LogP) is -0.262. The summed E-state index contributed by atoms with van der Waals surface area (Å²) >= 11 is 0. The van der Waals surface area contributed by atoms with Crippen molar-refractivity contribution >= 4 is 5.91 Å². The summed E-state index contributed by atoms with van der Waals surface area (Å²) in [4.78, 5) is 12.0. The molecule has 2 aliphatic heterocycles. The fourth-order valence-corrected chi connectivity index (χ4v) is 2.32. The molecule has 2 atom stereocenters. The van der Waals surface area contributed by atoms with Crippen molar-refractivity contribution in [2.75, 3.05) is 32.8 Å². The van der Waals surface area contributed by atoms with Crippen molar-refractivity contribution in [3.05, 3.63) is 0 Å². The third kappa shape index (κ3) is 2.93. The van der Waals surface area contributed by atoms with Gasteiger partial charge in [0, 0.05) is 19.1 Å². The Labute approximate surface area is 96.5 Å². The zero-order chi connectivity index (χ0) is 11.4. The minimum Gasteiger partial charge on any atom is -0.379 e. The molecule has 2 unspecified atom stereocenters. The van der Waals surface area contributed by atoms with Gasteiger partial charge in [0.05, 0.1) is 19.1 Å². The predicted molar refractivity (Wildman–Crippen MR) is 60.7 cm³/mol. The van der Waals surface area contributed by atoms with Crippen LogP contribution in [0.5, 0.6) is 0 Å². The lowest BCUT2D eigenvalue weighted by molar-refractivity contribution is -0.133. The van der Waals surface area contributed by atoms with E-state index in [0.29, 0.717) is 13.2 Å². The van der Waals surface area contributed by atoms with E-state index in [1.807, 2.05) is 5.01 Å². The largest absolute Gasteiger partial charge is 0.379 e. The molecule has 1 amide bonds. The summed E-state index contributed by atoms with van der Waals surface area (Å²) in [5.41, 5.74) is 2.99. The Morgan fingerprint density at radius 1 is 1.44 bits per heavy atom. The molecule has 0 radical (unpaired) electrons. The highest BCUT2D eigenvalue weighted by Crippen LogP contribution is 2.16. The average molecular weight is 227 g/mol. The molecule has 0 bridgehead atoms. The first-order valence-corrected chi connectivity index (χ1v) is 6.14. The standard InChI is InChI=1S/C11H21N3O2/c1-9-10(3-2-4-12-9)11(15)13-14-5-7-16-8-6-14/h9-10,12H,2-8H2,1H3,(H,13,15). The van der Waals surface area contributed by atoms with Gasteiger partial charge < -0.3 is 10.1 Å². The van der Waals surface area contributed by atoms with Gasteiger partial charge in [0.1, 0.15) is 0 Å². The highest BCUT2D eigenvalue weighted by molar-refractivity contribution is 5.79. The average Bonchev–Trinajstić information content (AvgIpc) is 2.31.